The van der Waals surface area contributed by atoms with Crippen molar-refractivity contribution in [3.63, 3.8) is 0 Å². The molecule has 0 amide bonds. The van der Waals surface area contributed by atoms with Gasteiger partial charge < -0.3 is 69.6 Å². The lowest BCUT2D eigenvalue weighted by Gasteiger charge is -2.46. The Balaban J connectivity index is 1.89. The van der Waals surface area contributed by atoms with E-state index in [0.717, 1.165) is 0 Å². The quantitative estimate of drug-likeness (QED) is 0.0296. The molecule has 12 unspecified atom stereocenters. The van der Waals surface area contributed by atoms with Gasteiger partial charge >= 0.3 is 0 Å². The van der Waals surface area contributed by atoms with Crippen molar-refractivity contribution >= 4 is 0 Å². The highest BCUT2D eigenvalue weighted by molar-refractivity contribution is 5.03. The van der Waals surface area contributed by atoms with Gasteiger partial charge in [0.15, 0.2) is 6.29 Å². The molecule has 0 radical (unpaired) electrons. The first kappa shape index (κ1) is 46.7. The molecular weight excluding hydrogens is 776 g/mol. The van der Waals surface area contributed by atoms with Crippen LogP contribution in [0.4, 0.5) is 0 Å². The van der Waals surface area contributed by atoms with Crippen LogP contribution in [0.25, 0.3) is 62.7 Å². The molecule has 1 saturated heterocycles. The number of aliphatic hydroxyl groups excluding tert-OH is 9. The molecule has 1 heterocycles. The maximum Gasteiger partial charge on any atom is 0.169 e. The predicted molar refractivity (Wildman–Crippen MR) is 181 cm³/mol. The Hall–Kier alpha value is -4.70. The smallest absolute Gasteiger partial charge is 0.169 e. The summed E-state index contributed by atoms with van der Waals surface area (Å²) in [6.45, 7) is -3.81. The zero-order valence-electron chi connectivity index (χ0n) is 29.3. The molecule has 3 fully saturated rings. The van der Waals surface area contributed by atoms with Crippen molar-refractivity contribution < 1.29 is 69.6 Å². The molecular formula is C25H40N18O14. The Morgan fingerprint density at radius 2 is 1.16 bits per heavy atom. The van der Waals surface area contributed by atoms with Crippen LogP contribution in [0.5, 0.6) is 0 Å². The SMILES string of the molecule is [N-]=[N+]=NC(CO[C@H]1C(N=[N+]=[N-])C[C@H](N=[N+]=[N-])C(O)C1O)C(OCOC1C(N=[N+]=[N-])[C@@H](O[C@@H]2C(N=[N+]=[N-])C[C@@H](N=[N+]=[N-])C(O)C2O)OC(CO)[C@H]1O)[C@@H](O)C(O)CO. The molecule has 57 heavy (non-hydrogen) atoms. The number of ether oxygens (including phenoxy) is 5. The lowest BCUT2D eigenvalue weighted by atomic mass is 9.84. The summed E-state index contributed by atoms with van der Waals surface area (Å²) in [6.07, 6.45) is -23.8. The van der Waals surface area contributed by atoms with Crippen LogP contribution >= 0.6 is 0 Å². The van der Waals surface area contributed by atoms with E-state index in [1.807, 2.05) is 0 Å². The van der Waals surface area contributed by atoms with Gasteiger partial charge in [0.25, 0.3) is 0 Å². The van der Waals surface area contributed by atoms with Crippen molar-refractivity contribution in [3.8, 4) is 0 Å². The van der Waals surface area contributed by atoms with Crippen molar-refractivity contribution in [2.75, 3.05) is 26.6 Å². The molecule has 314 valence electrons. The van der Waals surface area contributed by atoms with Gasteiger partial charge in [0.1, 0.15) is 55.6 Å². The van der Waals surface area contributed by atoms with Gasteiger partial charge in [-0.25, -0.2) is 0 Å². The predicted octanol–water partition coefficient (Wildman–Crippen LogP) is -1.40. The zero-order valence-corrected chi connectivity index (χ0v) is 29.3. The largest absolute Gasteiger partial charge is 0.394 e. The second-order valence-corrected chi connectivity index (χ2v) is 12.7. The van der Waals surface area contributed by atoms with E-state index in [4.69, 9.17) is 45.8 Å². The minimum atomic E-state index is -2.10. The maximum absolute atomic E-state index is 11.0. The van der Waals surface area contributed by atoms with E-state index in [2.05, 4.69) is 60.2 Å². The molecule has 2 aliphatic carbocycles. The summed E-state index contributed by atoms with van der Waals surface area (Å²) in [7, 11) is 0. The van der Waals surface area contributed by atoms with Gasteiger partial charge in [0.2, 0.25) is 0 Å². The van der Waals surface area contributed by atoms with Crippen LogP contribution in [-0.2, 0) is 23.7 Å². The Bertz CT molecular complexity index is 1610. The summed E-state index contributed by atoms with van der Waals surface area (Å²) in [5.74, 6) is 0. The minimum Gasteiger partial charge on any atom is -0.394 e. The summed E-state index contributed by atoms with van der Waals surface area (Å²) in [5, 5.41) is 115. The van der Waals surface area contributed by atoms with E-state index < -0.39 is 142 Å². The Morgan fingerprint density at radius 3 is 1.67 bits per heavy atom. The van der Waals surface area contributed by atoms with Gasteiger partial charge in [-0.15, -0.1) is 0 Å². The first-order valence-electron chi connectivity index (χ1n) is 16.8. The molecule has 1 aliphatic heterocycles. The monoisotopic (exact) mass is 816 g/mol. The first-order valence-corrected chi connectivity index (χ1v) is 16.8. The summed E-state index contributed by atoms with van der Waals surface area (Å²) in [6, 6.07) is -8.45. The molecule has 0 aromatic carbocycles. The Kier molecular flexibility index (Phi) is 18.7. The highest BCUT2D eigenvalue weighted by Crippen LogP contribution is 2.34. The molecule has 32 heteroatoms. The third kappa shape index (κ3) is 11.5. The Morgan fingerprint density at radius 1 is 0.632 bits per heavy atom. The average Bonchev–Trinajstić information content (AvgIpc) is 3.19. The van der Waals surface area contributed by atoms with E-state index >= 15 is 0 Å². The van der Waals surface area contributed by atoms with Crippen LogP contribution in [-0.4, -0.2) is 188 Å². The third-order valence-corrected chi connectivity index (χ3v) is 9.46. The van der Waals surface area contributed by atoms with Crippen molar-refractivity contribution in [2.45, 2.75) is 129 Å². The van der Waals surface area contributed by atoms with Crippen LogP contribution < -0.4 is 0 Å². The van der Waals surface area contributed by atoms with Crippen LogP contribution in [0.2, 0.25) is 0 Å². The summed E-state index contributed by atoms with van der Waals surface area (Å²) >= 11 is 0. The normalized spacial score (nSPS) is 37.1. The standard InChI is InChI=1S/C25H40N18O14/c26-38-32-7-1-9(34-40-28)21(19(51)15(7)47)53-5-11(36-42-30)22(17(49)12(46)3-44)54-6-55-24-14(37-43-31)25(56-13(4-45)18(24)50)57-23-10(35-41-29)2-8(33-39-27)16(48)20(23)52/h7-25,44-52H,1-6H2/t7-,8+,9?,10?,11?,12?,13?,14?,15?,16?,17-,18+,19?,20?,21-,22?,23+,24?,25+/m0/s1. The van der Waals surface area contributed by atoms with Gasteiger partial charge in [-0.3, -0.25) is 0 Å². The second-order valence-electron chi connectivity index (χ2n) is 12.7. The topological polar surface area (TPSA) is 521 Å². The van der Waals surface area contributed by atoms with Crippen LogP contribution in [0.1, 0.15) is 12.8 Å². The molecule has 3 rings (SSSR count). The molecule has 0 spiro atoms. The number of hydrogen-bond donors (Lipinski definition) is 9. The van der Waals surface area contributed by atoms with E-state index in [1.54, 1.807) is 0 Å². The zero-order chi connectivity index (χ0) is 42.2. The fraction of sp³-hybridized carbons (Fsp3) is 1.00. The Labute approximate surface area is 318 Å². The fourth-order valence-corrected chi connectivity index (χ4v) is 6.57. The molecule has 2 saturated carbocycles. The van der Waals surface area contributed by atoms with Gasteiger partial charge in [-0.2, -0.15) is 0 Å². The van der Waals surface area contributed by atoms with E-state index in [1.165, 1.54) is 0 Å². The van der Waals surface area contributed by atoms with Crippen molar-refractivity contribution in [1.82, 2.24) is 0 Å². The minimum absolute atomic E-state index is 0.287. The number of hydrogen-bond acceptors (Lipinski definition) is 20. The molecule has 19 atom stereocenters. The van der Waals surface area contributed by atoms with E-state index in [9.17, 15) is 57.0 Å². The van der Waals surface area contributed by atoms with Gasteiger partial charge in [0, 0.05) is 29.5 Å². The fourth-order valence-electron chi connectivity index (χ4n) is 6.57. The number of azide groups is 6. The molecule has 0 aromatic rings. The highest BCUT2D eigenvalue weighted by Gasteiger charge is 2.51. The van der Waals surface area contributed by atoms with Gasteiger partial charge in [-0.1, -0.05) is 30.7 Å². The van der Waals surface area contributed by atoms with Gasteiger partial charge in [-0.05, 0) is 46.0 Å². The van der Waals surface area contributed by atoms with Crippen molar-refractivity contribution in [1.29, 1.82) is 0 Å². The number of rotatable bonds is 20. The lowest BCUT2D eigenvalue weighted by Crippen LogP contribution is -2.63. The van der Waals surface area contributed by atoms with Crippen molar-refractivity contribution in [3.05, 3.63) is 62.7 Å². The van der Waals surface area contributed by atoms with Crippen LogP contribution in [0.15, 0.2) is 30.7 Å². The molecule has 0 aromatic heterocycles. The van der Waals surface area contributed by atoms with Crippen LogP contribution in [0.3, 0.4) is 0 Å². The number of aliphatic hydroxyl groups is 9. The summed E-state index contributed by atoms with van der Waals surface area (Å²) in [4.78, 5) is 15.9. The molecule has 9 N–H and O–H groups in total. The molecule has 3 aliphatic rings. The van der Waals surface area contributed by atoms with E-state index in [0.29, 0.717) is 0 Å². The average molecular weight is 817 g/mol. The molecule has 32 nitrogen and oxygen atoms in total. The van der Waals surface area contributed by atoms with Crippen molar-refractivity contribution in [2.24, 2.45) is 30.7 Å². The lowest BCUT2D eigenvalue weighted by molar-refractivity contribution is -0.307. The van der Waals surface area contributed by atoms with Crippen LogP contribution in [0, 0.1) is 0 Å². The van der Waals surface area contributed by atoms with Gasteiger partial charge in [0.05, 0.1) is 80.5 Å². The third-order valence-electron chi connectivity index (χ3n) is 9.46. The second kappa shape index (κ2) is 22.9. The summed E-state index contributed by atoms with van der Waals surface area (Å²) < 4.78 is 28.3. The highest BCUT2D eigenvalue weighted by atomic mass is 16.7. The number of nitrogens with zero attached hydrogens (tertiary/aromatic N) is 18. The van der Waals surface area contributed by atoms with E-state index in [-0.39, 0.29) is 12.8 Å². The first-order chi connectivity index (χ1) is 27.4. The molecule has 0 bridgehead atoms. The maximum atomic E-state index is 11.0. The summed E-state index contributed by atoms with van der Waals surface area (Å²) in [5.41, 5.74) is 54.5.